The SMILES string of the molecule is O=S(=O)(NCC1CC1)c1ccsc1CO. The zero-order valence-electron chi connectivity index (χ0n) is 8.14. The Morgan fingerprint density at radius 1 is 1.53 bits per heavy atom. The molecular formula is C9H13NO3S2. The van der Waals surface area contributed by atoms with E-state index in [0.29, 0.717) is 17.3 Å². The second-order valence-corrected chi connectivity index (χ2v) is 6.40. The van der Waals surface area contributed by atoms with Crippen molar-refractivity contribution in [3.63, 3.8) is 0 Å². The minimum absolute atomic E-state index is 0.218. The van der Waals surface area contributed by atoms with Gasteiger partial charge in [-0.05, 0) is 30.2 Å². The third-order valence-electron chi connectivity index (χ3n) is 2.40. The first-order valence-electron chi connectivity index (χ1n) is 4.80. The Labute approximate surface area is 93.0 Å². The molecule has 0 unspecified atom stereocenters. The molecule has 6 heteroatoms. The number of hydrogen-bond donors (Lipinski definition) is 2. The third kappa shape index (κ3) is 2.57. The summed E-state index contributed by atoms with van der Waals surface area (Å²) < 4.78 is 26.1. The molecule has 2 rings (SSSR count). The molecule has 0 saturated heterocycles. The molecule has 4 nitrogen and oxygen atoms in total. The average Bonchev–Trinajstić information content (AvgIpc) is 2.90. The summed E-state index contributed by atoms with van der Waals surface area (Å²) in [6.07, 6.45) is 2.22. The van der Waals surface area contributed by atoms with Gasteiger partial charge in [0, 0.05) is 11.4 Å². The Bertz CT molecular complexity index is 434. The summed E-state index contributed by atoms with van der Waals surface area (Å²) in [7, 11) is -3.41. The van der Waals surface area contributed by atoms with Gasteiger partial charge in [0.15, 0.2) is 0 Å². The molecule has 0 radical (unpaired) electrons. The summed E-state index contributed by atoms with van der Waals surface area (Å²) in [5.41, 5.74) is 0. The fourth-order valence-corrected chi connectivity index (χ4v) is 3.72. The number of thiophene rings is 1. The smallest absolute Gasteiger partial charge is 0.241 e. The predicted molar refractivity (Wildman–Crippen MR) is 58.2 cm³/mol. The van der Waals surface area contributed by atoms with Crippen LogP contribution < -0.4 is 4.72 Å². The highest BCUT2D eigenvalue weighted by Gasteiger charge is 2.25. The van der Waals surface area contributed by atoms with Crippen LogP contribution in [0.15, 0.2) is 16.3 Å². The van der Waals surface area contributed by atoms with Gasteiger partial charge in [-0.15, -0.1) is 11.3 Å². The summed E-state index contributed by atoms with van der Waals surface area (Å²) in [5, 5.41) is 10.7. The highest BCUT2D eigenvalue weighted by atomic mass is 32.2. The molecule has 1 aliphatic rings. The van der Waals surface area contributed by atoms with E-state index < -0.39 is 10.0 Å². The maximum absolute atomic E-state index is 11.8. The van der Waals surface area contributed by atoms with Crippen LogP contribution in [0.3, 0.4) is 0 Å². The first kappa shape index (κ1) is 11.1. The third-order valence-corrected chi connectivity index (χ3v) is 4.94. The molecular weight excluding hydrogens is 234 g/mol. The summed E-state index contributed by atoms with van der Waals surface area (Å²) in [5.74, 6) is 0.510. The van der Waals surface area contributed by atoms with Crippen molar-refractivity contribution in [2.45, 2.75) is 24.3 Å². The minimum Gasteiger partial charge on any atom is -0.391 e. The molecule has 0 amide bonds. The van der Waals surface area contributed by atoms with Crippen LogP contribution >= 0.6 is 11.3 Å². The second-order valence-electron chi connectivity index (χ2n) is 3.66. The van der Waals surface area contributed by atoms with Crippen LogP contribution in [0.5, 0.6) is 0 Å². The van der Waals surface area contributed by atoms with E-state index in [-0.39, 0.29) is 11.5 Å². The molecule has 1 aromatic heterocycles. The summed E-state index contributed by atoms with van der Waals surface area (Å²) in [4.78, 5) is 0.717. The first-order valence-corrected chi connectivity index (χ1v) is 7.16. The van der Waals surface area contributed by atoms with Crippen LogP contribution in [0.2, 0.25) is 0 Å². The van der Waals surface area contributed by atoms with Gasteiger partial charge in [0.25, 0.3) is 0 Å². The summed E-state index contributed by atoms with van der Waals surface area (Å²) in [6, 6.07) is 1.53. The molecule has 15 heavy (non-hydrogen) atoms. The van der Waals surface area contributed by atoms with Gasteiger partial charge in [0.05, 0.1) is 11.5 Å². The van der Waals surface area contributed by atoms with Crippen molar-refractivity contribution >= 4 is 21.4 Å². The van der Waals surface area contributed by atoms with Crippen LogP contribution in [-0.2, 0) is 16.6 Å². The molecule has 84 valence electrons. The van der Waals surface area contributed by atoms with Gasteiger partial charge in [-0.2, -0.15) is 0 Å². The summed E-state index contributed by atoms with van der Waals surface area (Å²) >= 11 is 1.26. The largest absolute Gasteiger partial charge is 0.391 e. The van der Waals surface area contributed by atoms with Gasteiger partial charge in [-0.1, -0.05) is 0 Å². The average molecular weight is 247 g/mol. The van der Waals surface area contributed by atoms with E-state index in [2.05, 4.69) is 4.72 Å². The van der Waals surface area contributed by atoms with E-state index in [1.54, 1.807) is 5.38 Å². The second kappa shape index (κ2) is 4.21. The van der Waals surface area contributed by atoms with E-state index in [1.165, 1.54) is 17.4 Å². The van der Waals surface area contributed by atoms with Crippen LogP contribution in [0, 0.1) is 5.92 Å². The highest BCUT2D eigenvalue weighted by Crippen LogP contribution is 2.28. The number of hydrogen-bond acceptors (Lipinski definition) is 4. The van der Waals surface area contributed by atoms with E-state index >= 15 is 0 Å². The highest BCUT2D eigenvalue weighted by molar-refractivity contribution is 7.89. The van der Waals surface area contributed by atoms with Crippen molar-refractivity contribution in [2.24, 2.45) is 5.92 Å². The fraction of sp³-hybridized carbons (Fsp3) is 0.556. The molecule has 0 atom stereocenters. The lowest BCUT2D eigenvalue weighted by molar-refractivity contribution is 0.282. The molecule has 0 bridgehead atoms. The summed E-state index contributed by atoms with van der Waals surface area (Å²) in [6.45, 7) is 0.292. The van der Waals surface area contributed by atoms with E-state index in [0.717, 1.165) is 12.8 Å². The fourth-order valence-electron chi connectivity index (χ4n) is 1.31. The zero-order chi connectivity index (χ0) is 10.9. The van der Waals surface area contributed by atoms with Crippen molar-refractivity contribution in [3.05, 3.63) is 16.3 Å². The van der Waals surface area contributed by atoms with Gasteiger partial charge in [0.1, 0.15) is 0 Å². The molecule has 2 N–H and O–H groups in total. The van der Waals surface area contributed by atoms with Gasteiger partial charge in [-0.25, -0.2) is 13.1 Å². The lowest BCUT2D eigenvalue weighted by Crippen LogP contribution is -2.26. The molecule has 1 aliphatic carbocycles. The lowest BCUT2D eigenvalue weighted by atomic mass is 10.4. The Balaban J connectivity index is 2.12. The van der Waals surface area contributed by atoms with E-state index in [1.807, 2.05) is 0 Å². The number of nitrogens with one attached hydrogen (secondary N) is 1. The van der Waals surface area contributed by atoms with E-state index in [4.69, 9.17) is 5.11 Å². The Hall–Kier alpha value is -0.430. The number of aliphatic hydroxyl groups is 1. The lowest BCUT2D eigenvalue weighted by Gasteiger charge is -2.05. The molecule has 0 aliphatic heterocycles. The van der Waals surface area contributed by atoms with Crippen molar-refractivity contribution in [3.8, 4) is 0 Å². The molecule has 1 saturated carbocycles. The van der Waals surface area contributed by atoms with E-state index in [9.17, 15) is 8.42 Å². The Kier molecular flexibility index (Phi) is 3.11. The number of sulfonamides is 1. The van der Waals surface area contributed by atoms with Crippen LogP contribution in [0.1, 0.15) is 17.7 Å². The van der Waals surface area contributed by atoms with Gasteiger partial charge < -0.3 is 5.11 Å². The first-order chi connectivity index (χ1) is 7.13. The Morgan fingerprint density at radius 2 is 2.27 bits per heavy atom. The van der Waals surface area contributed by atoms with Gasteiger partial charge in [-0.3, -0.25) is 0 Å². The molecule has 1 fully saturated rings. The van der Waals surface area contributed by atoms with Crippen molar-refractivity contribution in [1.29, 1.82) is 0 Å². The van der Waals surface area contributed by atoms with Crippen LogP contribution in [0.4, 0.5) is 0 Å². The zero-order valence-corrected chi connectivity index (χ0v) is 9.77. The number of aliphatic hydroxyl groups excluding tert-OH is 1. The molecule has 1 aromatic rings. The molecule has 0 aromatic carbocycles. The maximum atomic E-state index is 11.8. The monoisotopic (exact) mass is 247 g/mol. The number of rotatable bonds is 5. The van der Waals surface area contributed by atoms with Crippen molar-refractivity contribution in [1.82, 2.24) is 4.72 Å². The molecule has 0 spiro atoms. The standard InChI is InChI=1S/C9H13NO3S2/c11-6-8-9(3-4-14-8)15(12,13)10-5-7-1-2-7/h3-4,7,10-11H,1-2,5-6H2. The Morgan fingerprint density at radius 3 is 2.87 bits per heavy atom. The normalized spacial score (nSPS) is 16.9. The minimum atomic E-state index is -3.41. The predicted octanol–water partition coefficient (Wildman–Crippen LogP) is 0.929. The topological polar surface area (TPSA) is 66.4 Å². The molecule has 1 heterocycles. The van der Waals surface area contributed by atoms with Gasteiger partial charge in [0.2, 0.25) is 10.0 Å². The maximum Gasteiger partial charge on any atom is 0.241 e. The van der Waals surface area contributed by atoms with Crippen LogP contribution in [-0.4, -0.2) is 20.1 Å². The van der Waals surface area contributed by atoms with Gasteiger partial charge >= 0.3 is 0 Å². The van der Waals surface area contributed by atoms with Crippen molar-refractivity contribution in [2.75, 3.05) is 6.54 Å². The van der Waals surface area contributed by atoms with Crippen LogP contribution in [0.25, 0.3) is 0 Å². The quantitative estimate of drug-likeness (QED) is 0.813. The van der Waals surface area contributed by atoms with Crippen molar-refractivity contribution < 1.29 is 13.5 Å².